The Morgan fingerprint density at radius 2 is 0.739 bits per heavy atom. The van der Waals surface area contributed by atoms with Crippen LogP contribution in [-0.2, 0) is 0 Å². The van der Waals surface area contributed by atoms with Crippen molar-refractivity contribution in [2.24, 2.45) is 0 Å². The molecular formula is C12H27NO10. The van der Waals surface area contributed by atoms with E-state index in [2.05, 4.69) is 5.32 Å². The van der Waals surface area contributed by atoms with E-state index in [1.165, 1.54) is 0 Å². The summed E-state index contributed by atoms with van der Waals surface area (Å²) in [6.07, 6.45) is -13.5. The van der Waals surface area contributed by atoms with Gasteiger partial charge < -0.3 is 56.4 Å². The normalized spacial score (nSPS) is 22.7. The molecule has 0 amide bonds. The standard InChI is InChI=1S/C12H27NO10/c14-3-7(18)11(22)9(20)5(16)1-13-2-6(17)10(21)12(23)8(19)4-15/h5-23H,1-4H2/t5-,6+,7-,8-,9+,10+,11-,12-/m1/s1. The fourth-order valence-electron chi connectivity index (χ4n) is 1.75. The predicted molar refractivity (Wildman–Crippen MR) is 75.1 cm³/mol. The Bertz CT molecular complexity index is 282. The number of rotatable bonds is 12. The van der Waals surface area contributed by atoms with Gasteiger partial charge in [-0.25, -0.2) is 0 Å². The highest BCUT2D eigenvalue weighted by Gasteiger charge is 2.31. The van der Waals surface area contributed by atoms with Crippen LogP contribution in [0, 0.1) is 0 Å². The fourth-order valence-corrected chi connectivity index (χ4v) is 1.75. The lowest BCUT2D eigenvalue weighted by Gasteiger charge is -2.28. The van der Waals surface area contributed by atoms with Crippen LogP contribution in [-0.4, -0.2) is 126 Å². The first kappa shape index (κ1) is 22.6. The van der Waals surface area contributed by atoms with Crippen molar-refractivity contribution in [1.82, 2.24) is 5.32 Å². The number of nitrogens with one attached hydrogen (secondary N) is 1. The highest BCUT2D eigenvalue weighted by atomic mass is 16.4. The third-order valence-electron chi connectivity index (χ3n) is 3.36. The molecule has 11 nitrogen and oxygen atoms in total. The Morgan fingerprint density at radius 3 is 1.00 bits per heavy atom. The second-order valence-corrected chi connectivity index (χ2v) is 5.26. The van der Waals surface area contributed by atoms with Crippen LogP contribution in [0.25, 0.3) is 0 Å². The SMILES string of the molecule is OC[C@@H](O)[C@@H](O)[C@@H](O)[C@H](O)CNC[C@H](O)[C@H](O)[C@H](O)[C@H](O)CO. The summed E-state index contributed by atoms with van der Waals surface area (Å²) in [6, 6.07) is 0. The minimum absolute atomic E-state index is 0.348. The second-order valence-electron chi connectivity index (χ2n) is 5.26. The van der Waals surface area contributed by atoms with Gasteiger partial charge in [0.15, 0.2) is 0 Å². The van der Waals surface area contributed by atoms with Crippen LogP contribution in [0.2, 0.25) is 0 Å². The first-order valence-electron chi connectivity index (χ1n) is 7.04. The molecule has 0 radical (unpaired) electrons. The molecule has 0 aliphatic heterocycles. The highest BCUT2D eigenvalue weighted by molar-refractivity contribution is 4.84. The monoisotopic (exact) mass is 345 g/mol. The van der Waals surface area contributed by atoms with Crippen molar-refractivity contribution < 1.29 is 51.1 Å². The van der Waals surface area contributed by atoms with E-state index >= 15 is 0 Å². The number of hydrogen-bond donors (Lipinski definition) is 11. The fraction of sp³-hybridized carbons (Fsp3) is 1.00. The van der Waals surface area contributed by atoms with E-state index < -0.39 is 62.0 Å². The van der Waals surface area contributed by atoms with Gasteiger partial charge in [0.2, 0.25) is 0 Å². The van der Waals surface area contributed by atoms with E-state index in [1.807, 2.05) is 0 Å². The van der Waals surface area contributed by atoms with E-state index in [1.54, 1.807) is 0 Å². The number of aliphatic hydroxyl groups is 10. The molecule has 0 aliphatic carbocycles. The molecule has 0 fully saturated rings. The van der Waals surface area contributed by atoms with Crippen LogP contribution < -0.4 is 5.32 Å². The molecule has 0 saturated carbocycles. The highest BCUT2D eigenvalue weighted by Crippen LogP contribution is 2.06. The lowest BCUT2D eigenvalue weighted by molar-refractivity contribution is -0.119. The zero-order valence-corrected chi connectivity index (χ0v) is 12.4. The average molecular weight is 345 g/mol. The summed E-state index contributed by atoms with van der Waals surface area (Å²) in [5.41, 5.74) is 0. The van der Waals surface area contributed by atoms with Crippen LogP contribution in [0.4, 0.5) is 0 Å². The third kappa shape index (κ3) is 7.32. The Morgan fingerprint density at radius 1 is 0.478 bits per heavy atom. The predicted octanol–water partition coefficient (Wildman–Crippen LogP) is -6.55. The lowest BCUT2D eigenvalue weighted by Crippen LogP contribution is -2.52. The molecule has 140 valence electrons. The largest absolute Gasteiger partial charge is 0.394 e. The van der Waals surface area contributed by atoms with Crippen molar-refractivity contribution in [3.8, 4) is 0 Å². The summed E-state index contributed by atoms with van der Waals surface area (Å²) in [5.74, 6) is 0. The zero-order valence-electron chi connectivity index (χ0n) is 12.4. The van der Waals surface area contributed by atoms with Crippen LogP contribution in [0.1, 0.15) is 0 Å². The molecule has 8 atom stereocenters. The molecule has 0 bridgehead atoms. The second kappa shape index (κ2) is 11.2. The Hall–Kier alpha value is -0.440. The van der Waals surface area contributed by atoms with Crippen molar-refractivity contribution in [3.63, 3.8) is 0 Å². The minimum Gasteiger partial charge on any atom is -0.394 e. The maximum absolute atomic E-state index is 9.59. The van der Waals surface area contributed by atoms with Gasteiger partial charge in [0.25, 0.3) is 0 Å². The first-order valence-corrected chi connectivity index (χ1v) is 7.04. The van der Waals surface area contributed by atoms with Crippen molar-refractivity contribution in [2.75, 3.05) is 26.3 Å². The molecule has 0 aromatic heterocycles. The molecule has 11 heteroatoms. The molecule has 0 rings (SSSR count). The minimum atomic E-state index is -1.78. The van der Waals surface area contributed by atoms with Crippen molar-refractivity contribution >= 4 is 0 Å². The molecule has 23 heavy (non-hydrogen) atoms. The van der Waals surface area contributed by atoms with E-state index in [9.17, 15) is 30.6 Å². The van der Waals surface area contributed by atoms with Gasteiger partial charge in [-0.3, -0.25) is 0 Å². The third-order valence-corrected chi connectivity index (χ3v) is 3.36. The van der Waals surface area contributed by atoms with Crippen LogP contribution in [0.5, 0.6) is 0 Å². The topological polar surface area (TPSA) is 214 Å². The zero-order chi connectivity index (χ0) is 18.2. The summed E-state index contributed by atoms with van der Waals surface area (Å²) in [6.45, 7) is -2.32. The van der Waals surface area contributed by atoms with Crippen molar-refractivity contribution in [2.45, 2.75) is 48.8 Å². The molecule has 0 aromatic carbocycles. The van der Waals surface area contributed by atoms with Gasteiger partial charge in [-0.05, 0) is 0 Å². The summed E-state index contributed by atoms with van der Waals surface area (Å²) in [4.78, 5) is 0. The van der Waals surface area contributed by atoms with Crippen LogP contribution >= 0.6 is 0 Å². The smallest absolute Gasteiger partial charge is 0.111 e. The summed E-state index contributed by atoms with van der Waals surface area (Å²) < 4.78 is 0. The number of aliphatic hydroxyl groups excluding tert-OH is 10. The average Bonchev–Trinajstić information content (AvgIpc) is 2.56. The van der Waals surface area contributed by atoms with Crippen molar-refractivity contribution in [3.05, 3.63) is 0 Å². The molecule has 0 unspecified atom stereocenters. The lowest BCUT2D eigenvalue weighted by atomic mass is 10.0. The van der Waals surface area contributed by atoms with Gasteiger partial charge in [0.05, 0.1) is 25.4 Å². The molecule has 0 heterocycles. The summed E-state index contributed by atoms with van der Waals surface area (Å²) >= 11 is 0. The van der Waals surface area contributed by atoms with Crippen LogP contribution in [0.3, 0.4) is 0 Å². The first-order chi connectivity index (χ1) is 10.7. The van der Waals surface area contributed by atoms with Gasteiger partial charge in [0, 0.05) is 13.1 Å². The molecule has 0 spiro atoms. The molecule has 11 N–H and O–H groups in total. The molecule has 0 aromatic rings. The maximum Gasteiger partial charge on any atom is 0.111 e. The number of hydrogen-bond acceptors (Lipinski definition) is 11. The van der Waals surface area contributed by atoms with E-state index in [4.69, 9.17) is 20.4 Å². The quantitative estimate of drug-likeness (QED) is 0.160. The van der Waals surface area contributed by atoms with Gasteiger partial charge >= 0.3 is 0 Å². The van der Waals surface area contributed by atoms with E-state index in [0.717, 1.165) is 0 Å². The maximum atomic E-state index is 9.59. The summed E-state index contributed by atoms with van der Waals surface area (Å²) in [7, 11) is 0. The Labute approximate surface area is 132 Å². The molecule has 0 aliphatic rings. The van der Waals surface area contributed by atoms with Crippen LogP contribution in [0.15, 0.2) is 0 Å². The van der Waals surface area contributed by atoms with Crippen molar-refractivity contribution in [1.29, 1.82) is 0 Å². The van der Waals surface area contributed by atoms with Gasteiger partial charge in [-0.1, -0.05) is 0 Å². The Balaban J connectivity index is 4.22. The van der Waals surface area contributed by atoms with Gasteiger partial charge in [-0.2, -0.15) is 0 Å². The molecular weight excluding hydrogens is 318 g/mol. The Kier molecular flexibility index (Phi) is 11.0. The summed E-state index contributed by atoms with van der Waals surface area (Å²) in [5, 5.41) is 95.0. The van der Waals surface area contributed by atoms with Gasteiger partial charge in [0.1, 0.15) is 36.6 Å². The molecule has 0 saturated heterocycles. The van der Waals surface area contributed by atoms with Gasteiger partial charge in [-0.15, -0.1) is 0 Å². The van der Waals surface area contributed by atoms with E-state index in [-0.39, 0.29) is 13.1 Å². The van der Waals surface area contributed by atoms with E-state index in [0.29, 0.717) is 0 Å².